The minimum absolute atomic E-state index is 0.0984. The molecule has 2 aromatic rings. The molecule has 0 fully saturated rings. The molecule has 1 aliphatic rings. The highest BCUT2D eigenvalue weighted by atomic mass is 35.5. The van der Waals surface area contributed by atoms with Gasteiger partial charge < -0.3 is 4.74 Å². The summed E-state index contributed by atoms with van der Waals surface area (Å²) in [5.41, 5.74) is 2.09. The Morgan fingerprint density at radius 2 is 2.20 bits per heavy atom. The van der Waals surface area contributed by atoms with E-state index in [4.69, 9.17) is 16.3 Å². The van der Waals surface area contributed by atoms with E-state index < -0.39 is 0 Å². The van der Waals surface area contributed by atoms with Crippen molar-refractivity contribution in [3.63, 3.8) is 0 Å². The summed E-state index contributed by atoms with van der Waals surface area (Å²) in [4.78, 5) is 16.6. The van der Waals surface area contributed by atoms with E-state index in [0.717, 1.165) is 24.8 Å². The first-order valence-corrected chi connectivity index (χ1v) is 7.03. The van der Waals surface area contributed by atoms with Crippen molar-refractivity contribution in [3.05, 3.63) is 58.4 Å². The minimum Gasteiger partial charge on any atom is -0.493 e. The van der Waals surface area contributed by atoms with Crippen molar-refractivity contribution in [2.45, 2.75) is 19.3 Å². The summed E-state index contributed by atoms with van der Waals surface area (Å²) in [5.74, 6) is 0.583. The van der Waals surface area contributed by atoms with Gasteiger partial charge in [0.2, 0.25) is 0 Å². The van der Waals surface area contributed by atoms with Gasteiger partial charge in [0.25, 0.3) is 0 Å². The van der Waals surface area contributed by atoms with E-state index in [1.54, 1.807) is 30.6 Å². The van der Waals surface area contributed by atoms with Gasteiger partial charge in [-0.05, 0) is 49.1 Å². The van der Waals surface area contributed by atoms with Gasteiger partial charge in [-0.15, -0.1) is 0 Å². The molecular formula is C16H14ClNO2. The summed E-state index contributed by atoms with van der Waals surface area (Å²) in [6, 6.07) is 7.07. The first-order chi connectivity index (χ1) is 9.75. The number of hydrogen-bond donors (Lipinski definition) is 0. The molecule has 20 heavy (non-hydrogen) atoms. The molecule has 1 aromatic heterocycles. The van der Waals surface area contributed by atoms with E-state index >= 15 is 0 Å². The molecule has 0 aliphatic carbocycles. The molecule has 0 saturated carbocycles. The predicted octanol–water partition coefficient (Wildman–Crippen LogP) is 3.68. The summed E-state index contributed by atoms with van der Waals surface area (Å²) in [7, 11) is 0. The quantitative estimate of drug-likeness (QED) is 0.791. The average molecular weight is 288 g/mol. The zero-order valence-electron chi connectivity index (χ0n) is 10.9. The van der Waals surface area contributed by atoms with E-state index in [-0.39, 0.29) is 5.78 Å². The molecule has 0 amide bonds. The van der Waals surface area contributed by atoms with Gasteiger partial charge in [0.15, 0.2) is 5.78 Å². The number of rotatable bonds is 2. The van der Waals surface area contributed by atoms with Crippen molar-refractivity contribution in [2.75, 3.05) is 6.61 Å². The molecule has 0 spiro atoms. The van der Waals surface area contributed by atoms with Gasteiger partial charge in [0.05, 0.1) is 12.2 Å². The van der Waals surface area contributed by atoms with Gasteiger partial charge in [-0.3, -0.25) is 9.78 Å². The monoisotopic (exact) mass is 287 g/mol. The van der Waals surface area contributed by atoms with Crippen LogP contribution in [0.5, 0.6) is 5.75 Å². The number of fused-ring (bicyclic) bond motifs is 1. The lowest BCUT2D eigenvalue weighted by Gasteiger charge is -2.13. The van der Waals surface area contributed by atoms with Crippen LogP contribution in [0.3, 0.4) is 0 Å². The van der Waals surface area contributed by atoms with Crippen LogP contribution in [-0.2, 0) is 6.42 Å². The molecule has 1 aromatic carbocycles. The van der Waals surface area contributed by atoms with Gasteiger partial charge in [-0.25, -0.2) is 0 Å². The number of ketones is 1. The first kappa shape index (κ1) is 13.1. The third-order valence-electron chi connectivity index (χ3n) is 3.39. The van der Waals surface area contributed by atoms with Crippen molar-refractivity contribution in [1.82, 2.24) is 4.98 Å². The second-order valence-corrected chi connectivity index (χ2v) is 5.25. The number of nitrogens with zero attached hydrogens (tertiary/aromatic N) is 1. The maximum absolute atomic E-state index is 12.6. The van der Waals surface area contributed by atoms with Crippen molar-refractivity contribution >= 4 is 17.4 Å². The number of aromatic nitrogens is 1. The molecule has 3 nitrogen and oxygen atoms in total. The predicted molar refractivity (Wildman–Crippen MR) is 77.6 cm³/mol. The largest absolute Gasteiger partial charge is 0.493 e. The normalized spacial score (nSPS) is 14.1. The zero-order valence-corrected chi connectivity index (χ0v) is 11.7. The van der Waals surface area contributed by atoms with Crippen LogP contribution >= 0.6 is 11.6 Å². The number of carbonyl (C=O) groups is 1. The SMILES string of the molecule is O=C(c1cccnc1)c1cc(Cl)cc2c1OCCCC2. The standard InChI is InChI=1S/C16H14ClNO2/c17-13-8-11-4-1-2-7-20-16(11)14(9-13)15(19)12-5-3-6-18-10-12/h3,5-6,8-10H,1-2,4,7H2. The van der Waals surface area contributed by atoms with Gasteiger partial charge in [0, 0.05) is 23.0 Å². The molecule has 1 aliphatic heterocycles. The van der Waals surface area contributed by atoms with Crippen LogP contribution in [0.25, 0.3) is 0 Å². The lowest BCUT2D eigenvalue weighted by atomic mass is 9.99. The second-order valence-electron chi connectivity index (χ2n) is 4.82. The van der Waals surface area contributed by atoms with Gasteiger partial charge in [0.1, 0.15) is 5.75 Å². The number of hydrogen-bond acceptors (Lipinski definition) is 3. The highest BCUT2D eigenvalue weighted by Gasteiger charge is 2.20. The Hall–Kier alpha value is -1.87. The fraction of sp³-hybridized carbons (Fsp3) is 0.250. The summed E-state index contributed by atoms with van der Waals surface area (Å²) in [6.07, 6.45) is 6.14. The van der Waals surface area contributed by atoms with Crippen LogP contribution < -0.4 is 4.74 Å². The lowest BCUT2D eigenvalue weighted by Crippen LogP contribution is -2.07. The molecule has 0 N–H and O–H groups in total. The third kappa shape index (κ3) is 2.54. The van der Waals surface area contributed by atoms with Crippen molar-refractivity contribution in [1.29, 1.82) is 0 Å². The van der Waals surface area contributed by atoms with Crippen molar-refractivity contribution in [2.24, 2.45) is 0 Å². The summed E-state index contributed by atoms with van der Waals surface area (Å²) >= 11 is 6.14. The molecule has 0 saturated heterocycles. The van der Waals surface area contributed by atoms with Crippen LogP contribution in [0.2, 0.25) is 5.02 Å². The maximum Gasteiger partial charge on any atom is 0.198 e. The minimum atomic E-state index is -0.0984. The third-order valence-corrected chi connectivity index (χ3v) is 3.60. The van der Waals surface area contributed by atoms with Crippen molar-refractivity contribution < 1.29 is 9.53 Å². The molecule has 3 rings (SSSR count). The Morgan fingerprint density at radius 3 is 3.00 bits per heavy atom. The topological polar surface area (TPSA) is 39.2 Å². The molecule has 4 heteroatoms. The second kappa shape index (κ2) is 5.63. The Kier molecular flexibility index (Phi) is 3.70. The van der Waals surface area contributed by atoms with Gasteiger partial charge >= 0.3 is 0 Å². The molecule has 0 unspecified atom stereocenters. The Balaban J connectivity index is 2.09. The van der Waals surface area contributed by atoms with Crippen LogP contribution in [-0.4, -0.2) is 17.4 Å². The number of aryl methyl sites for hydroxylation is 1. The van der Waals surface area contributed by atoms with Gasteiger partial charge in [-0.1, -0.05) is 11.6 Å². The first-order valence-electron chi connectivity index (χ1n) is 6.65. The number of halogens is 1. The molecule has 0 atom stereocenters. The van der Waals surface area contributed by atoms with Crippen LogP contribution in [0.4, 0.5) is 0 Å². The maximum atomic E-state index is 12.6. The van der Waals surface area contributed by atoms with E-state index in [1.807, 2.05) is 6.07 Å². The van der Waals surface area contributed by atoms with E-state index in [2.05, 4.69) is 4.98 Å². The highest BCUT2D eigenvalue weighted by Crippen LogP contribution is 2.33. The van der Waals surface area contributed by atoms with Crippen LogP contribution in [0.15, 0.2) is 36.7 Å². The Morgan fingerprint density at radius 1 is 1.30 bits per heavy atom. The molecule has 2 heterocycles. The number of carbonyl (C=O) groups excluding carboxylic acids is 1. The molecule has 0 radical (unpaired) electrons. The van der Waals surface area contributed by atoms with E-state index in [0.29, 0.717) is 28.5 Å². The average Bonchev–Trinajstić information content (AvgIpc) is 2.71. The van der Waals surface area contributed by atoms with Crippen molar-refractivity contribution in [3.8, 4) is 5.75 Å². The summed E-state index contributed by atoms with van der Waals surface area (Å²) in [5, 5.41) is 0.571. The zero-order chi connectivity index (χ0) is 13.9. The fourth-order valence-corrected chi connectivity index (χ4v) is 2.66. The van der Waals surface area contributed by atoms with Gasteiger partial charge in [-0.2, -0.15) is 0 Å². The highest BCUT2D eigenvalue weighted by molar-refractivity contribution is 6.31. The number of pyridine rings is 1. The Bertz CT molecular complexity index is 640. The van der Waals surface area contributed by atoms with Crippen LogP contribution in [0, 0.1) is 0 Å². The molecule has 102 valence electrons. The van der Waals surface area contributed by atoms with E-state index in [1.165, 1.54) is 0 Å². The summed E-state index contributed by atoms with van der Waals surface area (Å²) < 4.78 is 5.78. The Labute approximate surface area is 122 Å². The number of ether oxygens (including phenoxy) is 1. The van der Waals surface area contributed by atoms with Crippen LogP contribution in [0.1, 0.15) is 34.3 Å². The molecular weight excluding hydrogens is 274 g/mol. The number of benzene rings is 1. The summed E-state index contributed by atoms with van der Waals surface area (Å²) in [6.45, 7) is 0.641. The lowest BCUT2D eigenvalue weighted by molar-refractivity contribution is 0.103. The van der Waals surface area contributed by atoms with E-state index in [9.17, 15) is 4.79 Å². The molecule has 0 bridgehead atoms. The fourth-order valence-electron chi connectivity index (χ4n) is 2.42. The smallest absolute Gasteiger partial charge is 0.198 e.